The van der Waals surface area contributed by atoms with Crippen molar-refractivity contribution in [2.45, 2.75) is 25.8 Å². The first-order chi connectivity index (χ1) is 16.0. The van der Waals surface area contributed by atoms with Crippen molar-refractivity contribution in [1.29, 1.82) is 0 Å². The molecule has 0 saturated carbocycles. The fourth-order valence-corrected chi connectivity index (χ4v) is 4.48. The van der Waals surface area contributed by atoms with Crippen molar-refractivity contribution in [1.82, 2.24) is 15.1 Å². The largest absolute Gasteiger partial charge is 0.497 e. The Morgan fingerprint density at radius 1 is 1.09 bits per heavy atom. The maximum atomic E-state index is 13.3. The average molecular weight is 470 g/mol. The number of carbonyl (C=O) groups is 2. The first-order valence-electron chi connectivity index (χ1n) is 11.5. The fraction of sp³-hybridized carbons (Fsp3) is 0.462. The molecule has 1 heterocycles. The number of nitrogens with zero attached hydrogens (tertiary/aromatic N) is 2. The van der Waals surface area contributed by atoms with Crippen molar-refractivity contribution in [3.8, 4) is 5.75 Å². The van der Waals surface area contributed by atoms with E-state index in [9.17, 15) is 9.59 Å². The Kier molecular flexibility index (Phi) is 9.63. The van der Waals surface area contributed by atoms with Crippen LogP contribution in [-0.2, 0) is 11.2 Å². The summed E-state index contributed by atoms with van der Waals surface area (Å²) in [5, 5.41) is 2.99. The van der Waals surface area contributed by atoms with E-state index in [-0.39, 0.29) is 11.8 Å². The Bertz CT molecular complexity index is 911. The first-order valence-corrected chi connectivity index (χ1v) is 12.9. The monoisotopic (exact) mass is 469 g/mol. The smallest absolute Gasteiger partial charge is 0.251 e. The number of hydrogen-bond donors (Lipinski definition) is 1. The van der Waals surface area contributed by atoms with Gasteiger partial charge in [0.15, 0.2) is 0 Å². The van der Waals surface area contributed by atoms with E-state index in [1.54, 1.807) is 24.9 Å². The number of aryl methyl sites for hydroxylation is 1. The van der Waals surface area contributed by atoms with Gasteiger partial charge in [-0.25, -0.2) is 0 Å². The maximum absolute atomic E-state index is 13.3. The molecule has 1 N–H and O–H groups in total. The zero-order valence-corrected chi connectivity index (χ0v) is 20.7. The van der Waals surface area contributed by atoms with E-state index in [1.807, 2.05) is 48.4 Å². The normalized spacial score (nSPS) is 15.2. The topological polar surface area (TPSA) is 61.9 Å². The number of amides is 2. The lowest BCUT2D eigenvalue weighted by Gasteiger charge is -2.36. The number of piperazine rings is 1. The number of benzene rings is 2. The van der Waals surface area contributed by atoms with Crippen LogP contribution >= 0.6 is 11.8 Å². The Balaban J connectivity index is 1.51. The van der Waals surface area contributed by atoms with Gasteiger partial charge in [-0.3, -0.25) is 14.5 Å². The zero-order chi connectivity index (χ0) is 23.6. The van der Waals surface area contributed by atoms with Gasteiger partial charge in [0.05, 0.1) is 7.11 Å². The predicted octanol–water partition coefficient (Wildman–Crippen LogP) is 3.24. The van der Waals surface area contributed by atoms with Gasteiger partial charge in [-0.05, 0) is 61.6 Å². The number of hydrogen-bond acceptors (Lipinski definition) is 5. The molecule has 3 rings (SSSR count). The van der Waals surface area contributed by atoms with Gasteiger partial charge in [0.1, 0.15) is 11.8 Å². The highest BCUT2D eigenvalue weighted by molar-refractivity contribution is 7.98. The van der Waals surface area contributed by atoms with Crippen molar-refractivity contribution < 1.29 is 14.3 Å². The molecule has 6 nitrogen and oxygen atoms in total. The van der Waals surface area contributed by atoms with Crippen molar-refractivity contribution in [3.63, 3.8) is 0 Å². The molecule has 33 heavy (non-hydrogen) atoms. The summed E-state index contributed by atoms with van der Waals surface area (Å²) in [4.78, 5) is 30.3. The van der Waals surface area contributed by atoms with Crippen molar-refractivity contribution in [2.75, 3.05) is 51.8 Å². The maximum Gasteiger partial charge on any atom is 0.251 e. The Morgan fingerprint density at radius 2 is 1.82 bits per heavy atom. The summed E-state index contributed by atoms with van der Waals surface area (Å²) in [6.07, 6.45) is 3.63. The summed E-state index contributed by atoms with van der Waals surface area (Å²) in [6.45, 7) is 6.01. The average Bonchev–Trinajstić information content (AvgIpc) is 2.85. The van der Waals surface area contributed by atoms with Crippen LogP contribution in [0.25, 0.3) is 0 Å². The summed E-state index contributed by atoms with van der Waals surface area (Å²) >= 11 is 1.69. The van der Waals surface area contributed by atoms with E-state index in [4.69, 9.17) is 4.74 Å². The minimum absolute atomic E-state index is 0.0276. The van der Waals surface area contributed by atoms with E-state index < -0.39 is 6.04 Å². The second kappa shape index (κ2) is 12.7. The Labute approximate surface area is 201 Å². The molecule has 0 radical (unpaired) electrons. The summed E-state index contributed by atoms with van der Waals surface area (Å²) in [5.74, 6) is 1.54. The third kappa shape index (κ3) is 7.51. The summed E-state index contributed by atoms with van der Waals surface area (Å²) in [7, 11) is 1.68. The number of nitrogens with one attached hydrogen (secondary N) is 1. The minimum atomic E-state index is -0.490. The molecule has 2 aromatic rings. The van der Waals surface area contributed by atoms with Crippen LogP contribution < -0.4 is 10.1 Å². The molecule has 2 aromatic carbocycles. The predicted molar refractivity (Wildman–Crippen MR) is 135 cm³/mol. The molecule has 178 valence electrons. The molecule has 2 amide bonds. The van der Waals surface area contributed by atoms with Gasteiger partial charge in [-0.15, -0.1) is 0 Å². The van der Waals surface area contributed by atoms with Crippen molar-refractivity contribution in [2.24, 2.45) is 0 Å². The van der Waals surface area contributed by atoms with Gasteiger partial charge < -0.3 is 15.0 Å². The van der Waals surface area contributed by atoms with Gasteiger partial charge in [0, 0.05) is 38.3 Å². The Hall–Kier alpha value is -2.51. The van der Waals surface area contributed by atoms with Crippen LogP contribution in [0.1, 0.15) is 27.9 Å². The number of ether oxygens (including phenoxy) is 1. The second-order valence-electron chi connectivity index (χ2n) is 8.44. The molecule has 0 bridgehead atoms. The minimum Gasteiger partial charge on any atom is -0.497 e. The highest BCUT2D eigenvalue weighted by Gasteiger charge is 2.28. The molecule has 1 unspecified atom stereocenters. The summed E-state index contributed by atoms with van der Waals surface area (Å²) < 4.78 is 5.22. The second-order valence-corrected chi connectivity index (χ2v) is 9.43. The van der Waals surface area contributed by atoms with E-state index >= 15 is 0 Å². The molecule has 0 aliphatic carbocycles. The Morgan fingerprint density at radius 3 is 2.45 bits per heavy atom. The van der Waals surface area contributed by atoms with E-state index in [1.165, 1.54) is 5.56 Å². The van der Waals surface area contributed by atoms with Gasteiger partial charge in [-0.1, -0.05) is 29.8 Å². The number of thioether (sulfide) groups is 1. The zero-order valence-electron chi connectivity index (χ0n) is 19.9. The molecule has 1 fully saturated rings. The van der Waals surface area contributed by atoms with E-state index in [0.717, 1.165) is 43.1 Å². The number of rotatable bonds is 10. The third-order valence-corrected chi connectivity index (χ3v) is 6.70. The lowest BCUT2D eigenvalue weighted by Crippen LogP contribution is -2.55. The number of methoxy groups -OCH3 is 1. The van der Waals surface area contributed by atoms with E-state index in [0.29, 0.717) is 25.1 Å². The summed E-state index contributed by atoms with van der Waals surface area (Å²) in [5.41, 5.74) is 2.91. The van der Waals surface area contributed by atoms with Crippen LogP contribution in [0.2, 0.25) is 0 Å². The van der Waals surface area contributed by atoms with Crippen molar-refractivity contribution in [3.05, 3.63) is 65.2 Å². The molecular weight excluding hydrogens is 434 g/mol. The molecule has 1 saturated heterocycles. The van der Waals surface area contributed by atoms with Gasteiger partial charge in [0.2, 0.25) is 5.91 Å². The highest BCUT2D eigenvalue weighted by atomic mass is 32.2. The third-order valence-electron chi connectivity index (χ3n) is 6.05. The van der Waals surface area contributed by atoms with Crippen LogP contribution in [0.4, 0.5) is 0 Å². The van der Waals surface area contributed by atoms with Gasteiger partial charge in [0.25, 0.3) is 5.91 Å². The fourth-order valence-electron chi connectivity index (χ4n) is 4.01. The van der Waals surface area contributed by atoms with Crippen LogP contribution in [0.3, 0.4) is 0 Å². The first kappa shape index (κ1) is 25.1. The SMILES string of the molecule is COc1ccc(CCN2CCN(C(=O)C(CCSC)NC(=O)c3cccc(C)c3)CC2)cc1. The molecule has 1 aliphatic heterocycles. The molecule has 7 heteroatoms. The van der Waals surface area contributed by atoms with Crippen molar-refractivity contribution >= 4 is 23.6 Å². The molecular formula is C26H35N3O3S. The van der Waals surface area contributed by atoms with Crippen LogP contribution in [0.5, 0.6) is 5.75 Å². The lowest BCUT2D eigenvalue weighted by atomic mass is 10.1. The lowest BCUT2D eigenvalue weighted by molar-refractivity contribution is -0.135. The van der Waals surface area contributed by atoms with E-state index in [2.05, 4.69) is 22.3 Å². The van der Waals surface area contributed by atoms with Gasteiger partial charge in [-0.2, -0.15) is 11.8 Å². The van der Waals surface area contributed by atoms with Crippen LogP contribution in [-0.4, -0.2) is 79.5 Å². The standard InChI is InChI=1S/C26H35N3O3S/c1-20-5-4-6-22(19-20)25(30)27-24(12-18-33-3)26(31)29-16-14-28(15-17-29)13-11-21-7-9-23(32-2)10-8-21/h4-10,19,24H,11-18H2,1-3H3,(H,27,30). The van der Waals surface area contributed by atoms with Crippen LogP contribution in [0, 0.1) is 6.92 Å². The quantitative estimate of drug-likeness (QED) is 0.579. The molecule has 1 aliphatic rings. The highest BCUT2D eigenvalue weighted by Crippen LogP contribution is 2.14. The molecule has 1 atom stereocenters. The van der Waals surface area contributed by atoms with Crippen LogP contribution in [0.15, 0.2) is 48.5 Å². The molecule has 0 spiro atoms. The molecule has 0 aromatic heterocycles. The van der Waals surface area contributed by atoms with Gasteiger partial charge >= 0.3 is 0 Å². The number of carbonyl (C=O) groups excluding carboxylic acids is 2. The summed E-state index contributed by atoms with van der Waals surface area (Å²) in [6, 6.07) is 15.2.